The molecule has 1 radical (unpaired) electrons. The molecule has 0 aromatic heterocycles. The average molecular weight is 115 g/mol. The largest absolute Gasteiger partial charge is 0.390 e. The minimum atomic E-state index is -0.895. The molecule has 0 aliphatic heterocycles. The van der Waals surface area contributed by atoms with Crippen molar-refractivity contribution in [2.24, 2.45) is 0 Å². The van der Waals surface area contributed by atoms with Gasteiger partial charge < -0.3 is 10.2 Å². The van der Waals surface area contributed by atoms with E-state index in [0.717, 1.165) is 0 Å². The molecular weight excluding hydrogens is 104 g/mol. The molecule has 0 saturated carbocycles. The summed E-state index contributed by atoms with van der Waals surface area (Å²) in [4.78, 5) is 0. The van der Waals surface area contributed by atoms with E-state index in [4.69, 9.17) is 10.2 Å². The molecule has 0 aromatic carbocycles. The fourth-order valence-corrected chi connectivity index (χ4v) is 0.328. The molecule has 0 bridgehead atoms. The van der Waals surface area contributed by atoms with Crippen LogP contribution in [-0.4, -0.2) is 22.4 Å². The highest BCUT2D eigenvalue weighted by molar-refractivity contribution is 4.77. The van der Waals surface area contributed by atoms with Gasteiger partial charge in [-0.15, -0.1) is 6.58 Å². The van der Waals surface area contributed by atoms with Crippen molar-refractivity contribution in [1.29, 1.82) is 0 Å². The molecule has 0 saturated heterocycles. The fourth-order valence-electron chi connectivity index (χ4n) is 0.328. The molecule has 0 aliphatic carbocycles. The fraction of sp³-hybridized carbons (Fsp3) is 0.500. The summed E-state index contributed by atoms with van der Waals surface area (Å²) in [6.07, 6.45) is 0.282. The van der Waals surface area contributed by atoms with E-state index in [9.17, 15) is 0 Å². The second-order valence-corrected chi connectivity index (χ2v) is 1.66. The molecule has 0 amide bonds. The summed E-state index contributed by atoms with van der Waals surface area (Å²) < 4.78 is 0. The lowest BCUT2D eigenvalue weighted by atomic mass is 10.2. The zero-order valence-corrected chi connectivity index (χ0v) is 4.75. The molecule has 2 N–H and O–H groups in total. The molecule has 2 unspecified atom stereocenters. The van der Waals surface area contributed by atoms with Crippen molar-refractivity contribution in [2.45, 2.75) is 18.6 Å². The van der Waals surface area contributed by atoms with E-state index < -0.39 is 12.2 Å². The summed E-state index contributed by atoms with van der Waals surface area (Å²) in [6, 6.07) is 0. The van der Waals surface area contributed by atoms with E-state index in [1.165, 1.54) is 0 Å². The van der Waals surface area contributed by atoms with E-state index in [1.807, 2.05) is 0 Å². The normalized spacial score (nSPS) is 17.4. The number of aliphatic hydroxyl groups excluding tert-OH is 2. The van der Waals surface area contributed by atoms with Gasteiger partial charge in [-0.2, -0.15) is 0 Å². The number of aliphatic hydroxyl groups is 2. The van der Waals surface area contributed by atoms with Crippen LogP contribution in [0.4, 0.5) is 0 Å². The maximum Gasteiger partial charge on any atom is 0.0833 e. The van der Waals surface area contributed by atoms with Crippen molar-refractivity contribution >= 4 is 0 Å². The summed E-state index contributed by atoms with van der Waals surface area (Å²) in [6.45, 7) is 6.60. The zero-order valence-electron chi connectivity index (χ0n) is 4.75. The Morgan fingerprint density at radius 2 is 2.00 bits per heavy atom. The Morgan fingerprint density at radius 3 is 2.12 bits per heavy atom. The Balaban J connectivity index is 3.30. The first-order chi connectivity index (χ1) is 3.68. The molecule has 2 heteroatoms. The van der Waals surface area contributed by atoms with Crippen molar-refractivity contribution in [3.8, 4) is 0 Å². The van der Waals surface area contributed by atoms with Gasteiger partial charge in [-0.1, -0.05) is 6.08 Å². The molecule has 2 atom stereocenters. The molecule has 0 spiro atoms. The molecule has 0 aromatic rings. The Morgan fingerprint density at radius 1 is 1.50 bits per heavy atom. The van der Waals surface area contributed by atoms with Gasteiger partial charge in [0.25, 0.3) is 0 Å². The number of hydrogen-bond acceptors (Lipinski definition) is 2. The third-order valence-electron chi connectivity index (χ3n) is 0.852. The van der Waals surface area contributed by atoms with Crippen LogP contribution in [0.2, 0.25) is 0 Å². The monoisotopic (exact) mass is 115 g/mol. The van der Waals surface area contributed by atoms with Gasteiger partial charge in [-0.25, -0.2) is 0 Å². The Labute approximate surface area is 49.5 Å². The summed E-state index contributed by atoms with van der Waals surface area (Å²) in [7, 11) is 0. The van der Waals surface area contributed by atoms with Gasteiger partial charge in [0, 0.05) is 0 Å². The molecule has 2 nitrogen and oxygen atoms in total. The van der Waals surface area contributed by atoms with E-state index >= 15 is 0 Å². The minimum Gasteiger partial charge on any atom is -0.390 e. The van der Waals surface area contributed by atoms with E-state index in [0.29, 0.717) is 6.42 Å². The van der Waals surface area contributed by atoms with Crippen LogP contribution in [0.25, 0.3) is 0 Å². The third kappa shape index (κ3) is 2.77. The van der Waals surface area contributed by atoms with Crippen molar-refractivity contribution < 1.29 is 10.2 Å². The highest BCUT2D eigenvalue weighted by Crippen LogP contribution is 1.96. The van der Waals surface area contributed by atoms with Gasteiger partial charge in [0.2, 0.25) is 0 Å². The standard InChI is InChI=1S/C6H11O2/c1-3-4-6(8)5(2)7/h3,5-8H,1-2,4H2. The van der Waals surface area contributed by atoms with Gasteiger partial charge in [0.15, 0.2) is 0 Å². The molecule has 47 valence electrons. The summed E-state index contributed by atoms with van der Waals surface area (Å²) in [5.41, 5.74) is 0. The molecule has 0 aliphatic rings. The van der Waals surface area contributed by atoms with Crippen LogP contribution >= 0.6 is 0 Å². The van der Waals surface area contributed by atoms with Crippen LogP contribution < -0.4 is 0 Å². The first-order valence-corrected chi connectivity index (χ1v) is 2.48. The average Bonchev–Trinajstić information content (AvgIpc) is 1.67. The predicted octanol–water partition coefficient (Wildman–Crippen LogP) is 0.118. The zero-order chi connectivity index (χ0) is 6.57. The highest BCUT2D eigenvalue weighted by atomic mass is 16.3. The Kier molecular flexibility index (Phi) is 3.48. The topological polar surface area (TPSA) is 40.5 Å². The Hall–Kier alpha value is -0.340. The smallest absolute Gasteiger partial charge is 0.0833 e. The second kappa shape index (κ2) is 3.64. The van der Waals surface area contributed by atoms with Crippen molar-refractivity contribution in [1.82, 2.24) is 0 Å². The lowest BCUT2D eigenvalue weighted by Crippen LogP contribution is -2.21. The quantitative estimate of drug-likeness (QED) is 0.513. The summed E-state index contributed by atoms with van der Waals surface area (Å²) in [5.74, 6) is 0. The molecule has 0 fully saturated rings. The lowest BCUT2D eigenvalue weighted by molar-refractivity contribution is 0.0495. The van der Waals surface area contributed by atoms with Crippen LogP contribution in [0.15, 0.2) is 12.7 Å². The maximum absolute atomic E-state index is 8.74. The number of hydrogen-bond donors (Lipinski definition) is 2. The van der Waals surface area contributed by atoms with Crippen molar-refractivity contribution in [3.05, 3.63) is 19.6 Å². The SMILES string of the molecule is [CH2]C(O)C(O)CC=C. The first-order valence-electron chi connectivity index (χ1n) is 2.48. The Bertz CT molecular complexity index is 68.9. The maximum atomic E-state index is 8.74. The van der Waals surface area contributed by atoms with E-state index in [-0.39, 0.29) is 0 Å². The highest BCUT2D eigenvalue weighted by Gasteiger charge is 2.06. The van der Waals surface area contributed by atoms with Crippen LogP contribution in [0.1, 0.15) is 6.42 Å². The van der Waals surface area contributed by atoms with Crippen molar-refractivity contribution in [3.63, 3.8) is 0 Å². The summed E-state index contributed by atoms with van der Waals surface area (Å²) in [5, 5.41) is 17.3. The van der Waals surface area contributed by atoms with Gasteiger partial charge >= 0.3 is 0 Å². The van der Waals surface area contributed by atoms with Crippen molar-refractivity contribution in [2.75, 3.05) is 0 Å². The van der Waals surface area contributed by atoms with Crippen LogP contribution in [0, 0.1) is 6.92 Å². The first kappa shape index (κ1) is 7.66. The van der Waals surface area contributed by atoms with Crippen LogP contribution in [0.5, 0.6) is 0 Å². The van der Waals surface area contributed by atoms with Crippen LogP contribution in [-0.2, 0) is 0 Å². The third-order valence-corrected chi connectivity index (χ3v) is 0.852. The lowest BCUT2D eigenvalue weighted by Gasteiger charge is -2.08. The van der Waals surface area contributed by atoms with Gasteiger partial charge in [0.05, 0.1) is 12.2 Å². The predicted molar refractivity (Wildman–Crippen MR) is 32.2 cm³/mol. The van der Waals surface area contributed by atoms with Gasteiger partial charge in [-0.05, 0) is 13.3 Å². The van der Waals surface area contributed by atoms with Crippen LogP contribution in [0.3, 0.4) is 0 Å². The second-order valence-electron chi connectivity index (χ2n) is 1.66. The van der Waals surface area contributed by atoms with Gasteiger partial charge in [-0.3, -0.25) is 0 Å². The van der Waals surface area contributed by atoms with Gasteiger partial charge in [0.1, 0.15) is 0 Å². The molecule has 0 heterocycles. The summed E-state index contributed by atoms with van der Waals surface area (Å²) >= 11 is 0. The number of rotatable bonds is 3. The molecular formula is C6H11O2. The van der Waals surface area contributed by atoms with E-state index in [2.05, 4.69) is 13.5 Å². The molecule has 0 rings (SSSR count). The van der Waals surface area contributed by atoms with E-state index in [1.54, 1.807) is 6.08 Å². The molecule has 8 heavy (non-hydrogen) atoms. The minimum absolute atomic E-state index is 0.394.